The number of allylic oxidation sites excluding steroid dienone is 1. The van der Waals surface area contributed by atoms with Gasteiger partial charge in [0, 0.05) is 21.7 Å². The lowest BCUT2D eigenvalue weighted by Gasteiger charge is -2.27. The molecule has 9 nitrogen and oxygen atoms in total. The Morgan fingerprint density at radius 1 is 1.16 bits per heavy atom. The quantitative estimate of drug-likeness (QED) is 0.231. The number of hydrogen-bond acceptors (Lipinski definition) is 8. The minimum absolute atomic E-state index is 0.174. The molecular weight excluding hydrogens is 636 g/mol. The molecule has 0 bridgehead atoms. The number of ether oxygens (including phenoxy) is 2. The third-order valence-electron chi connectivity index (χ3n) is 7.02. The Hall–Kier alpha value is -4.22. The number of aromatic carboxylic acids is 1. The predicted molar refractivity (Wildman–Crippen MR) is 166 cm³/mol. The topological polar surface area (TPSA) is 120 Å². The molecule has 0 saturated heterocycles. The number of aryl methyl sites for hydroxylation is 1. The number of carbonyl (C=O) groups is 2. The highest BCUT2D eigenvalue weighted by Crippen LogP contribution is 2.38. The molecule has 5 rings (SSSR count). The number of aromatic nitrogens is 1. The Morgan fingerprint density at radius 3 is 2.63 bits per heavy atom. The highest BCUT2D eigenvalue weighted by atomic mass is 79.9. The zero-order chi connectivity index (χ0) is 30.8. The molecular formula is C32H29BrN2O7S. The van der Waals surface area contributed by atoms with Crippen LogP contribution < -0.4 is 19.6 Å². The van der Waals surface area contributed by atoms with Gasteiger partial charge < -0.3 is 19.0 Å². The summed E-state index contributed by atoms with van der Waals surface area (Å²) in [7, 11) is 1.54. The minimum Gasteiger partial charge on any atom is -0.496 e. The molecule has 1 atom stereocenters. The van der Waals surface area contributed by atoms with E-state index in [-0.39, 0.29) is 17.7 Å². The van der Waals surface area contributed by atoms with Crippen LogP contribution in [0.25, 0.3) is 17.4 Å². The summed E-state index contributed by atoms with van der Waals surface area (Å²) in [5, 5.41) is 9.28. The molecule has 1 N–H and O–H groups in total. The van der Waals surface area contributed by atoms with Gasteiger partial charge in [-0.3, -0.25) is 9.36 Å². The van der Waals surface area contributed by atoms with Gasteiger partial charge >= 0.3 is 11.9 Å². The van der Waals surface area contributed by atoms with Crippen molar-refractivity contribution in [2.45, 2.75) is 39.7 Å². The van der Waals surface area contributed by atoms with Gasteiger partial charge in [0.2, 0.25) is 0 Å². The number of hydrogen-bond donors (Lipinski definition) is 1. The molecule has 1 aliphatic heterocycles. The molecule has 0 saturated carbocycles. The standard InChI is InChI=1S/C32H29BrN2O7S/c1-5-7-23-27(31(39)41-6-2)28(22-15-19(33)9-12-24(22)40-4)35-29(36)26(43-32(35)34-23)16-20-10-13-25(42-20)21-11-8-18(30(37)38)14-17(21)3/h8-16,28H,5-7H2,1-4H3,(H,37,38)/b26-16+/t28-/m0/s1. The van der Waals surface area contributed by atoms with E-state index in [1.807, 2.05) is 26.0 Å². The van der Waals surface area contributed by atoms with Gasteiger partial charge in [0.05, 0.1) is 35.1 Å². The summed E-state index contributed by atoms with van der Waals surface area (Å²) >= 11 is 4.73. The first-order valence-corrected chi connectivity index (χ1v) is 15.3. The monoisotopic (exact) mass is 664 g/mol. The van der Waals surface area contributed by atoms with Gasteiger partial charge in [0.15, 0.2) is 4.80 Å². The van der Waals surface area contributed by atoms with Crippen molar-refractivity contribution in [2.75, 3.05) is 13.7 Å². The van der Waals surface area contributed by atoms with Crippen molar-refractivity contribution in [1.82, 2.24) is 4.57 Å². The van der Waals surface area contributed by atoms with E-state index in [1.165, 1.54) is 22.0 Å². The van der Waals surface area contributed by atoms with Crippen molar-refractivity contribution in [3.05, 3.63) is 106 Å². The maximum atomic E-state index is 14.1. The highest BCUT2D eigenvalue weighted by Gasteiger charge is 2.36. The van der Waals surface area contributed by atoms with Crippen LogP contribution in [-0.4, -0.2) is 35.3 Å². The zero-order valence-electron chi connectivity index (χ0n) is 24.0. The Balaban J connectivity index is 1.68. The van der Waals surface area contributed by atoms with E-state index in [0.717, 1.165) is 22.0 Å². The molecule has 0 radical (unpaired) electrons. The first kappa shape index (κ1) is 30.2. The number of halogens is 1. The van der Waals surface area contributed by atoms with Crippen LogP contribution in [0.15, 0.2) is 78.5 Å². The van der Waals surface area contributed by atoms with Gasteiger partial charge in [-0.15, -0.1) is 0 Å². The molecule has 2 aromatic heterocycles. The number of esters is 1. The number of nitrogens with zero attached hydrogens (tertiary/aromatic N) is 2. The number of carbonyl (C=O) groups excluding carboxylic acids is 1. The number of carboxylic acids is 1. The maximum Gasteiger partial charge on any atom is 0.338 e. The van der Waals surface area contributed by atoms with E-state index in [9.17, 15) is 19.5 Å². The van der Waals surface area contributed by atoms with Crippen molar-refractivity contribution < 1.29 is 28.6 Å². The second-order valence-corrected chi connectivity index (χ2v) is 11.8. The summed E-state index contributed by atoms with van der Waals surface area (Å²) in [6.45, 7) is 5.73. The van der Waals surface area contributed by atoms with Gasteiger partial charge in [-0.2, -0.15) is 0 Å². The van der Waals surface area contributed by atoms with Crippen LogP contribution >= 0.6 is 27.3 Å². The second kappa shape index (κ2) is 12.6. The second-order valence-electron chi connectivity index (χ2n) is 9.84. The fourth-order valence-corrected chi connectivity index (χ4v) is 6.49. The van der Waals surface area contributed by atoms with Crippen molar-refractivity contribution in [2.24, 2.45) is 4.99 Å². The van der Waals surface area contributed by atoms with E-state index in [0.29, 0.717) is 49.9 Å². The molecule has 43 heavy (non-hydrogen) atoms. The van der Waals surface area contributed by atoms with Crippen LogP contribution in [0.5, 0.6) is 5.75 Å². The molecule has 0 spiro atoms. The van der Waals surface area contributed by atoms with Crippen LogP contribution in [-0.2, 0) is 9.53 Å². The number of benzene rings is 2. The summed E-state index contributed by atoms with van der Waals surface area (Å²) in [5.41, 5.74) is 2.84. The van der Waals surface area contributed by atoms with E-state index < -0.39 is 18.0 Å². The van der Waals surface area contributed by atoms with Gasteiger partial charge in [0.25, 0.3) is 5.56 Å². The van der Waals surface area contributed by atoms with E-state index in [1.54, 1.807) is 50.4 Å². The van der Waals surface area contributed by atoms with E-state index in [2.05, 4.69) is 15.9 Å². The number of furan rings is 1. The van der Waals surface area contributed by atoms with Crippen LogP contribution in [0, 0.1) is 6.92 Å². The van der Waals surface area contributed by atoms with E-state index in [4.69, 9.17) is 18.9 Å². The van der Waals surface area contributed by atoms with E-state index >= 15 is 0 Å². The Kier molecular flexibility index (Phi) is 8.84. The summed E-state index contributed by atoms with van der Waals surface area (Å²) < 4.78 is 19.9. The molecule has 0 aliphatic carbocycles. The van der Waals surface area contributed by atoms with Gasteiger partial charge in [-0.1, -0.05) is 46.7 Å². The fourth-order valence-electron chi connectivity index (χ4n) is 5.11. The predicted octanol–water partition coefficient (Wildman–Crippen LogP) is 5.62. The first-order chi connectivity index (χ1) is 20.7. The number of carboxylic acid groups (broad SMARTS) is 1. The van der Waals surface area contributed by atoms with Gasteiger partial charge in [-0.05, 0) is 68.3 Å². The number of fused-ring (bicyclic) bond motifs is 1. The fraction of sp³-hybridized carbons (Fsp3) is 0.250. The molecule has 0 amide bonds. The Labute approximate surface area is 259 Å². The largest absolute Gasteiger partial charge is 0.496 e. The summed E-state index contributed by atoms with van der Waals surface area (Å²) in [6, 6.07) is 13.0. The minimum atomic E-state index is -1.00. The molecule has 1 aliphatic rings. The molecule has 0 unspecified atom stereocenters. The first-order valence-electron chi connectivity index (χ1n) is 13.7. The third-order valence-corrected chi connectivity index (χ3v) is 8.49. The summed E-state index contributed by atoms with van der Waals surface area (Å²) in [6.07, 6.45) is 2.91. The van der Waals surface area contributed by atoms with Crippen molar-refractivity contribution in [1.29, 1.82) is 0 Å². The lowest BCUT2D eigenvalue weighted by Crippen LogP contribution is -2.40. The van der Waals surface area contributed by atoms with Crippen LogP contribution in [0.1, 0.15) is 60.0 Å². The van der Waals surface area contributed by atoms with Gasteiger partial charge in [0.1, 0.15) is 23.3 Å². The molecule has 222 valence electrons. The average Bonchev–Trinajstić information content (AvgIpc) is 3.56. The summed E-state index contributed by atoms with van der Waals surface area (Å²) in [5.74, 6) is -0.0348. The third kappa shape index (κ3) is 5.87. The number of thiazole rings is 1. The maximum absolute atomic E-state index is 14.1. The van der Waals surface area contributed by atoms with Crippen LogP contribution in [0.3, 0.4) is 0 Å². The highest BCUT2D eigenvalue weighted by molar-refractivity contribution is 9.10. The number of methoxy groups -OCH3 is 1. The Bertz CT molecular complexity index is 1950. The van der Waals surface area contributed by atoms with Crippen molar-refractivity contribution in [3.63, 3.8) is 0 Å². The molecule has 4 aromatic rings. The van der Waals surface area contributed by atoms with Crippen LogP contribution in [0.2, 0.25) is 0 Å². The zero-order valence-corrected chi connectivity index (χ0v) is 26.4. The average molecular weight is 666 g/mol. The summed E-state index contributed by atoms with van der Waals surface area (Å²) in [4.78, 5) is 44.1. The molecule has 2 aromatic carbocycles. The van der Waals surface area contributed by atoms with Crippen molar-refractivity contribution in [3.8, 4) is 17.1 Å². The smallest absolute Gasteiger partial charge is 0.338 e. The Morgan fingerprint density at radius 2 is 1.95 bits per heavy atom. The number of rotatable bonds is 9. The molecule has 11 heteroatoms. The lowest BCUT2D eigenvalue weighted by atomic mass is 9.93. The molecule has 3 heterocycles. The molecule has 0 fully saturated rings. The SMILES string of the molecule is CCCC1=C(C(=O)OCC)[C@H](c2cc(Br)ccc2OC)n2c(s/c(=C/c3ccc(-c4ccc(C(=O)O)cc4C)o3)c2=O)=N1. The van der Waals surface area contributed by atoms with Crippen molar-refractivity contribution >= 4 is 45.3 Å². The normalized spacial score (nSPS) is 14.8. The van der Waals surface area contributed by atoms with Gasteiger partial charge in [-0.25, -0.2) is 14.6 Å². The lowest BCUT2D eigenvalue weighted by molar-refractivity contribution is -0.139. The van der Waals surface area contributed by atoms with Crippen LogP contribution in [0.4, 0.5) is 0 Å².